The number of sulfonamides is 1. The van der Waals surface area contributed by atoms with Gasteiger partial charge in [-0.3, -0.25) is 4.72 Å². The molecule has 0 aliphatic rings. The molecular weight excluding hydrogens is 329 g/mol. The van der Waals surface area contributed by atoms with Crippen LogP contribution in [0.5, 0.6) is 0 Å². The Bertz CT molecular complexity index is 805. The summed E-state index contributed by atoms with van der Waals surface area (Å²) in [5, 5.41) is 0. The van der Waals surface area contributed by atoms with Crippen LogP contribution in [0, 0.1) is 36.0 Å². The Morgan fingerprint density at radius 1 is 0.773 bits per heavy atom. The van der Waals surface area contributed by atoms with Crippen LogP contribution < -0.4 is 4.72 Å². The topological polar surface area (TPSA) is 46.2 Å². The molecule has 22 heavy (non-hydrogen) atoms. The van der Waals surface area contributed by atoms with Crippen LogP contribution in [0.1, 0.15) is 5.56 Å². The van der Waals surface area contributed by atoms with E-state index in [0.29, 0.717) is 0 Å². The second-order valence-electron chi connectivity index (χ2n) is 4.37. The molecular formula is C13H8F5NO2S. The zero-order valence-electron chi connectivity index (χ0n) is 10.9. The summed E-state index contributed by atoms with van der Waals surface area (Å²) in [6.07, 6.45) is 0. The SMILES string of the molecule is Cc1ccc(NS(=O)(=O)c2c(F)c(F)c(F)c(F)c2F)cc1. The fraction of sp³-hybridized carbons (Fsp3) is 0.0769. The maximum Gasteiger partial charge on any atom is 0.267 e. The number of benzene rings is 2. The molecule has 9 heteroatoms. The van der Waals surface area contributed by atoms with Gasteiger partial charge in [0.1, 0.15) is 0 Å². The Balaban J connectivity index is 2.57. The van der Waals surface area contributed by atoms with E-state index < -0.39 is 44.0 Å². The molecule has 2 aromatic rings. The highest BCUT2D eigenvalue weighted by Crippen LogP contribution is 2.28. The normalized spacial score (nSPS) is 11.5. The van der Waals surface area contributed by atoms with Gasteiger partial charge in [0, 0.05) is 5.69 Å². The first-order chi connectivity index (χ1) is 10.1. The first kappa shape index (κ1) is 16.2. The number of hydrogen-bond acceptors (Lipinski definition) is 2. The van der Waals surface area contributed by atoms with E-state index in [-0.39, 0.29) is 5.69 Å². The molecule has 0 heterocycles. The summed E-state index contributed by atoms with van der Waals surface area (Å²) in [4.78, 5) is -1.93. The van der Waals surface area contributed by atoms with Crippen LogP contribution in [0.2, 0.25) is 0 Å². The van der Waals surface area contributed by atoms with E-state index in [4.69, 9.17) is 0 Å². The van der Waals surface area contributed by atoms with Crippen molar-refractivity contribution in [2.45, 2.75) is 11.8 Å². The monoisotopic (exact) mass is 337 g/mol. The molecule has 0 aromatic heterocycles. The lowest BCUT2D eigenvalue weighted by molar-refractivity contribution is 0.358. The lowest BCUT2D eigenvalue weighted by Crippen LogP contribution is -2.19. The molecule has 118 valence electrons. The molecule has 0 fully saturated rings. The Morgan fingerprint density at radius 3 is 1.64 bits per heavy atom. The van der Waals surface area contributed by atoms with Gasteiger partial charge in [-0.2, -0.15) is 0 Å². The Labute approximate surface area is 122 Å². The molecule has 0 aliphatic heterocycles. The van der Waals surface area contributed by atoms with Crippen LogP contribution in [0.15, 0.2) is 29.2 Å². The largest absolute Gasteiger partial charge is 0.279 e. The minimum absolute atomic E-state index is 0.0884. The number of aryl methyl sites for hydroxylation is 1. The molecule has 0 aliphatic carbocycles. The van der Waals surface area contributed by atoms with Crippen molar-refractivity contribution >= 4 is 15.7 Å². The van der Waals surface area contributed by atoms with E-state index in [1.54, 1.807) is 11.6 Å². The third-order valence-electron chi connectivity index (χ3n) is 2.74. The fourth-order valence-electron chi connectivity index (χ4n) is 1.65. The quantitative estimate of drug-likeness (QED) is 0.529. The molecule has 2 aromatic carbocycles. The number of hydrogen-bond donors (Lipinski definition) is 1. The van der Waals surface area contributed by atoms with Crippen LogP contribution >= 0.6 is 0 Å². The summed E-state index contributed by atoms with van der Waals surface area (Å²) in [6.45, 7) is 1.71. The van der Waals surface area contributed by atoms with Gasteiger partial charge in [0.25, 0.3) is 10.0 Å². The summed E-state index contributed by atoms with van der Waals surface area (Å²) in [6, 6.07) is 5.55. The first-order valence-electron chi connectivity index (χ1n) is 5.76. The number of halogens is 5. The second kappa shape index (κ2) is 5.56. The predicted octanol–water partition coefficient (Wildman–Crippen LogP) is 3.49. The summed E-state index contributed by atoms with van der Waals surface area (Å²) < 4.78 is 91.7. The van der Waals surface area contributed by atoms with E-state index in [9.17, 15) is 30.4 Å². The highest BCUT2D eigenvalue weighted by Gasteiger charge is 2.33. The van der Waals surface area contributed by atoms with E-state index in [1.807, 2.05) is 0 Å². The molecule has 0 bridgehead atoms. The van der Waals surface area contributed by atoms with E-state index in [1.165, 1.54) is 24.3 Å². The van der Waals surface area contributed by atoms with Gasteiger partial charge in [-0.15, -0.1) is 0 Å². The molecule has 0 saturated heterocycles. The van der Waals surface area contributed by atoms with Crippen LogP contribution in [0.4, 0.5) is 27.6 Å². The van der Waals surface area contributed by atoms with Gasteiger partial charge in [0.05, 0.1) is 0 Å². The van der Waals surface area contributed by atoms with Gasteiger partial charge in [-0.1, -0.05) is 17.7 Å². The molecule has 0 amide bonds. The van der Waals surface area contributed by atoms with Gasteiger partial charge >= 0.3 is 0 Å². The van der Waals surface area contributed by atoms with Crippen molar-refractivity contribution in [3.63, 3.8) is 0 Å². The molecule has 0 atom stereocenters. The van der Waals surface area contributed by atoms with E-state index >= 15 is 0 Å². The highest BCUT2D eigenvalue weighted by atomic mass is 32.2. The Kier molecular flexibility index (Phi) is 4.10. The van der Waals surface area contributed by atoms with Gasteiger partial charge in [-0.05, 0) is 19.1 Å². The Morgan fingerprint density at radius 2 is 1.18 bits per heavy atom. The van der Waals surface area contributed by atoms with Crippen molar-refractivity contribution in [2.24, 2.45) is 0 Å². The molecule has 0 radical (unpaired) electrons. The molecule has 0 unspecified atom stereocenters. The summed E-state index contributed by atoms with van der Waals surface area (Å²) >= 11 is 0. The minimum atomic E-state index is -5.00. The molecule has 3 nitrogen and oxygen atoms in total. The predicted molar refractivity (Wildman–Crippen MR) is 68.2 cm³/mol. The maximum atomic E-state index is 13.5. The lowest BCUT2D eigenvalue weighted by atomic mass is 10.2. The van der Waals surface area contributed by atoms with Crippen molar-refractivity contribution < 1.29 is 30.4 Å². The minimum Gasteiger partial charge on any atom is -0.279 e. The Hall–Kier alpha value is -2.16. The molecule has 1 N–H and O–H groups in total. The lowest BCUT2D eigenvalue weighted by Gasteiger charge is -2.11. The number of rotatable bonds is 3. The van der Waals surface area contributed by atoms with Crippen molar-refractivity contribution in [2.75, 3.05) is 4.72 Å². The average Bonchev–Trinajstić information content (AvgIpc) is 2.45. The van der Waals surface area contributed by atoms with Gasteiger partial charge in [0.15, 0.2) is 28.2 Å². The van der Waals surface area contributed by atoms with Crippen LogP contribution in [-0.4, -0.2) is 8.42 Å². The zero-order valence-corrected chi connectivity index (χ0v) is 11.7. The van der Waals surface area contributed by atoms with E-state index in [2.05, 4.69) is 0 Å². The van der Waals surface area contributed by atoms with Crippen molar-refractivity contribution in [3.8, 4) is 0 Å². The number of nitrogens with one attached hydrogen (secondary N) is 1. The average molecular weight is 337 g/mol. The molecule has 2 rings (SSSR count). The van der Waals surface area contributed by atoms with Gasteiger partial charge < -0.3 is 0 Å². The summed E-state index contributed by atoms with van der Waals surface area (Å²) in [5.41, 5.74) is 0.689. The molecule has 0 spiro atoms. The standard InChI is InChI=1S/C13H8F5NO2S/c1-6-2-4-7(5-3-6)19-22(20,21)13-11(17)9(15)8(14)10(16)12(13)18/h2-5,19H,1H3. The number of anilines is 1. The van der Waals surface area contributed by atoms with Crippen molar-refractivity contribution in [1.29, 1.82) is 0 Å². The van der Waals surface area contributed by atoms with Gasteiger partial charge in [0.2, 0.25) is 5.82 Å². The smallest absolute Gasteiger partial charge is 0.267 e. The maximum absolute atomic E-state index is 13.5. The summed E-state index contributed by atoms with van der Waals surface area (Å²) in [7, 11) is -5.00. The van der Waals surface area contributed by atoms with Crippen LogP contribution in [0.3, 0.4) is 0 Å². The van der Waals surface area contributed by atoms with Crippen LogP contribution in [0.25, 0.3) is 0 Å². The third kappa shape index (κ3) is 2.76. The highest BCUT2D eigenvalue weighted by molar-refractivity contribution is 7.92. The second-order valence-corrected chi connectivity index (χ2v) is 5.99. The fourth-order valence-corrected chi connectivity index (χ4v) is 2.85. The van der Waals surface area contributed by atoms with Crippen molar-refractivity contribution in [3.05, 3.63) is 58.9 Å². The van der Waals surface area contributed by atoms with E-state index in [0.717, 1.165) is 5.56 Å². The summed E-state index contributed by atoms with van der Waals surface area (Å²) in [5.74, 6) is -11.9. The third-order valence-corrected chi connectivity index (χ3v) is 4.14. The zero-order chi connectivity index (χ0) is 16.7. The van der Waals surface area contributed by atoms with Gasteiger partial charge in [-0.25, -0.2) is 30.4 Å². The van der Waals surface area contributed by atoms with Crippen LogP contribution in [-0.2, 0) is 10.0 Å². The molecule has 0 saturated carbocycles. The van der Waals surface area contributed by atoms with Crippen molar-refractivity contribution in [1.82, 2.24) is 0 Å². The first-order valence-corrected chi connectivity index (χ1v) is 7.24.